The quantitative estimate of drug-likeness (QED) is 0.626. The molecule has 2 N–H and O–H groups in total. The van der Waals surface area contributed by atoms with E-state index in [4.69, 9.17) is 0 Å². The molecule has 0 aliphatic carbocycles. The molecule has 3 amide bonds. The van der Waals surface area contributed by atoms with E-state index in [1.54, 1.807) is 0 Å². The van der Waals surface area contributed by atoms with Crippen LogP contribution in [0.2, 0.25) is 0 Å². The van der Waals surface area contributed by atoms with Crippen molar-refractivity contribution in [1.82, 2.24) is 15.5 Å². The summed E-state index contributed by atoms with van der Waals surface area (Å²) in [6, 6.07) is -0.548. The van der Waals surface area contributed by atoms with Crippen LogP contribution < -0.4 is 10.6 Å². The van der Waals surface area contributed by atoms with Gasteiger partial charge in [-0.05, 0) is 18.9 Å². The molecule has 0 aromatic rings. The van der Waals surface area contributed by atoms with Crippen molar-refractivity contribution >= 4 is 17.7 Å². The summed E-state index contributed by atoms with van der Waals surface area (Å²) in [5.41, 5.74) is 0. The summed E-state index contributed by atoms with van der Waals surface area (Å²) in [6.45, 7) is 3.50. The molecule has 2 heterocycles. The van der Waals surface area contributed by atoms with Crippen molar-refractivity contribution in [3.8, 4) is 0 Å². The first-order valence-electron chi connectivity index (χ1n) is 6.32. The average Bonchev–Trinajstić information content (AvgIpc) is 2.76. The van der Waals surface area contributed by atoms with Gasteiger partial charge in [-0.15, -0.1) is 0 Å². The number of carbonyl (C=O) groups excluding carboxylic acids is 3. The third-order valence-corrected chi connectivity index (χ3v) is 3.82. The zero-order chi connectivity index (χ0) is 13.3. The van der Waals surface area contributed by atoms with Gasteiger partial charge in [0, 0.05) is 20.0 Å². The first kappa shape index (κ1) is 13.0. The molecule has 0 aromatic carbocycles. The Morgan fingerprint density at radius 3 is 2.72 bits per heavy atom. The molecule has 2 rings (SSSR count). The standard InChI is InChI=1S/C12H19N3O3/c1-7-5-13-6-8(7)11(17)14-9-3-4-10(16)15(2)12(9)18/h7-9,13H,3-6H2,1-2H3,(H,14,17)/t7-,8-,9?/m1/s1. The van der Waals surface area contributed by atoms with Gasteiger partial charge in [-0.2, -0.15) is 0 Å². The molecule has 2 aliphatic rings. The lowest BCUT2D eigenvalue weighted by molar-refractivity contribution is -0.149. The van der Waals surface area contributed by atoms with Gasteiger partial charge in [0.2, 0.25) is 11.8 Å². The van der Waals surface area contributed by atoms with Crippen molar-refractivity contribution in [1.29, 1.82) is 0 Å². The Morgan fingerprint density at radius 1 is 1.39 bits per heavy atom. The highest BCUT2D eigenvalue weighted by Crippen LogP contribution is 2.17. The molecule has 2 aliphatic heterocycles. The number of nitrogens with one attached hydrogen (secondary N) is 2. The number of hydrogen-bond donors (Lipinski definition) is 2. The van der Waals surface area contributed by atoms with Gasteiger partial charge < -0.3 is 10.6 Å². The Morgan fingerprint density at radius 2 is 2.11 bits per heavy atom. The molecule has 0 radical (unpaired) electrons. The van der Waals surface area contributed by atoms with Crippen LogP contribution in [-0.2, 0) is 14.4 Å². The third-order valence-electron chi connectivity index (χ3n) is 3.82. The van der Waals surface area contributed by atoms with E-state index in [1.165, 1.54) is 7.05 Å². The molecule has 6 nitrogen and oxygen atoms in total. The third kappa shape index (κ3) is 2.38. The topological polar surface area (TPSA) is 78.5 Å². The lowest BCUT2D eigenvalue weighted by Crippen LogP contribution is -2.54. The van der Waals surface area contributed by atoms with Crippen LogP contribution in [0.4, 0.5) is 0 Å². The summed E-state index contributed by atoms with van der Waals surface area (Å²) < 4.78 is 0. The molecule has 100 valence electrons. The fourth-order valence-electron chi connectivity index (χ4n) is 2.49. The van der Waals surface area contributed by atoms with E-state index in [0.29, 0.717) is 19.4 Å². The minimum Gasteiger partial charge on any atom is -0.344 e. The van der Waals surface area contributed by atoms with Gasteiger partial charge >= 0.3 is 0 Å². The number of likely N-dealkylation sites (tertiary alicyclic amines) is 1. The Kier molecular flexibility index (Phi) is 3.65. The first-order chi connectivity index (χ1) is 8.50. The van der Waals surface area contributed by atoms with Gasteiger partial charge in [-0.1, -0.05) is 6.92 Å². The van der Waals surface area contributed by atoms with Crippen LogP contribution in [0, 0.1) is 11.8 Å². The van der Waals surface area contributed by atoms with Crippen molar-refractivity contribution < 1.29 is 14.4 Å². The Bertz CT molecular complexity index is 383. The number of likely N-dealkylation sites (N-methyl/N-ethyl adjacent to an activating group) is 1. The summed E-state index contributed by atoms with van der Waals surface area (Å²) >= 11 is 0. The number of carbonyl (C=O) groups is 3. The summed E-state index contributed by atoms with van der Waals surface area (Å²) in [7, 11) is 1.46. The van der Waals surface area contributed by atoms with Gasteiger partial charge in [-0.3, -0.25) is 19.3 Å². The zero-order valence-corrected chi connectivity index (χ0v) is 10.7. The van der Waals surface area contributed by atoms with E-state index in [0.717, 1.165) is 11.4 Å². The maximum atomic E-state index is 12.1. The van der Waals surface area contributed by atoms with Crippen LogP contribution in [-0.4, -0.2) is 48.8 Å². The van der Waals surface area contributed by atoms with E-state index in [1.807, 2.05) is 6.92 Å². The molecule has 18 heavy (non-hydrogen) atoms. The number of imide groups is 1. The van der Waals surface area contributed by atoms with Gasteiger partial charge in [0.15, 0.2) is 0 Å². The van der Waals surface area contributed by atoms with Gasteiger partial charge in [0.25, 0.3) is 5.91 Å². The second-order valence-electron chi connectivity index (χ2n) is 5.13. The van der Waals surface area contributed by atoms with Gasteiger partial charge in [0.05, 0.1) is 5.92 Å². The van der Waals surface area contributed by atoms with Crippen molar-refractivity contribution in [3.63, 3.8) is 0 Å². The van der Waals surface area contributed by atoms with Gasteiger partial charge in [-0.25, -0.2) is 0 Å². The Labute approximate surface area is 106 Å². The van der Waals surface area contributed by atoms with E-state index in [9.17, 15) is 14.4 Å². The van der Waals surface area contributed by atoms with Crippen molar-refractivity contribution in [2.75, 3.05) is 20.1 Å². The molecule has 1 unspecified atom stereocenters. The maximum absolute atomic E-state index is 12.1. The molecule has 0 saturated carbocycles. The fraction of sp³-hybridized carbons (Fsp3) is 0.750. The predicted octanol–water partition coefficient (Wildman–Crippen LogP) is -0.894. The second kappa shape index (κ2) is 5.06. The summed E-state index contributed by atoms with van der Waals surface area (Å²) in [4.78, 5) is 36.3. The number of hydrogen-bond acceptors (Lipinski definition) is 4. The molecule has 0 aromatic heterocycles. The van der Waals surface area contributed by atoms with Crippen molar-refractivity contribution in [3.05, 3.63) is 0 Å². The molecule has 3 atom stereocenters. The van der Waals surface area contributed by atoms with Crippen LogP contribution in [0.25, 0.3) is 0 Å². The minimum absolute atomic E-state index is 0.0827. The largest absolute Gasteiger partial charge is 0.344 e. The zero-order valence-electron chi connectivity index (χ0n) is 10.7. The van der Waals surface area contributed by atoms with Crippen LogP contribution in [0.15, 0.2) is 0 Å². The SMILES string of the molecule is C[C@@H]1CNC[C@H]1C(=O)NC1CCC(=O)N(C)C1=O. The van der Waals surface area contributed by atoms with E-state index < -0.39 is 6.04 Å². The summed E-state index contributed by atoms with van der Waals surface area (Å²) in [6.07, 6.45) is 0.716. The van der Waals surface area contributed by atoms with Crippen LogP contribution in [0.5, 0.6) is 0 Å². The Balaban J connectivity index is 1.95. The average molecular weight is 253 g/mol. The fourth-order valence-corrected chi connectivity index (χ4v) is 2.49. The molecular formula is C12H19N3O3. The highest BCUT2D eigenvalue weighted by molar-refractivity contribution is 6.01. The second-order valence-corrected chi connectivity index (χ2v) is 5.13. The number of nitrogens with zero attached hydrogens (tertiary/aromatic N) is 1. The molecule has 2 saturated heterocycles. The normalized spacial score (nSPS) is 32.8. The van der Waals surface area contributed by atoms with Crippen LogP contribution >= 0.6 is 0 Å². The van der Waals surface area contributed by atoms with E-state index in [2.05, 4.69) is 10.6 Å². The van der Waals surface area contributed by atoms with Crippen molar-refractivity contribution in [2.24, 2.45) is 11.8 Å². The predicted molar refractivity (Wildman–Crippen MR) is 64.5 cm³/mol. The highest BCUT2D eigenvalue weighted by atomic mass is 16.2. The van der Waals surface area contributed by atoms with Crippen LogP contribution in [0.1, 0.15) is 19.8 Å². The lowest BCUT2D eigenvalue weighted by Gasteiger charge is -2.29. The van der Waals surface area contributed by atoms with Gasteiger partial charge in [0.1, 0.15) is 6.04 Å². The summed E-state index contributed by atoms with van der Waals surface area (Å²) in [5, 5.41) is 5.93. The molecule has 0 spiro atoms. The van der Waals surface area contributed by atoms with E-state index in [-0.39, 0.29) is 29.6 Å². The smallest absolute Gasteiger partial charge is 0.251 e. The molecule has 6 heteroatoms. The monoisotopic (exact) mass is 253 g/mol. The number of rotatable bonds is 2. The number of piperidine rings is 1. The molecule has 0 bridgehead atoms. The first-order valence-corrected chi connectivity index (χ1v) is 6.32. The maximum Gasteiger partial charge on any atom is 0.251 e. The summed E-state index contributed by atoms with van der Waals surface area (Å²) in [5.74, 6) is -0.378. The molecular weight excluding hydrogens is 234 g/mol. The van der Waals surface area contributed by atoms with E-state index >= 15 is 0 Å². The highest BCUT2D eigenvalue weighted by Gasteiger charge is 2.36. The minimum atomic E-state index is -0.548. The Hall–Kier alpha value is -1.43. The van der Waals surface area contributed by atoms with Crippen molar-refractivity contribution in [2.45, 2.75) is 25.8 Å². The number of amides is 3. The lowest BCUT2D eigenvalue weighted by atomic mass is 9.96. The van der Waals surface area contributed by atoms with Crippen LogP contribution in [0.3, 0.4) is 0 Å². The molecule has 2 fully saturated rings.